The summed E-state index contributed by atoms with van der Waals surface area (Å²) in [5.41, 5.74) is 2.24. The molecule has 25 heavy (non-hydrogen) atoms. The topological polar surface area (TPSA) is 35.9 Å². The second-order valence-electron chi connectivity index (χ2n) is 7.06. The number of benzene rings is 1. The van der Waals surface area contributed by atoms with Crippen LogP contribution in [-0.2, 0) is 11.2 Å². The summed E-state index contributed by atoms with van der Waals surface area (Å²) in [6.45, 7) is 11.5. The van der Waals surface area contributed by atoms with E-state index in [1.807, 2.05) is 6.07 Å². The molecule has 0 atom stereocenters. The first kappa shape index (κ1) is 20.1. The molecule has 2 rings (SSSR count). The summed E-state index contributed by atoms with van der Waals surface area (Å²) in [6.07, 6.45) is 6.83. The summed E-state index contributed by atoms with van der Waals surface area (Å²) in [5, 5.41) is 10.5. The highest BCUT2D eigenvalue weighted by atomic mass is 16.5. The third-order valence-corrected chi connectivity index (χ3v) is 5.02. The van der Waals surface area contributed by atoms with E-state index in [9.17, 15) is 5.11 Å². The van der Waals surface area contributed by atoms with Gasteiger partial charge in [-0.3, -0.25) is 4.90 Å². The summed E-state index contributed by atoms with van der Waals surface area (Å²) in [6, 6.07) is 6.28. The Morgan fingerprint density at radius 3 is 2.32 bits per heavy atom. The van der Waals surface area contributed by atoms with Crippen molar-refractivity contribution in [1.82, 2.24) is 4.90 Å². The highest BCUT2D eigenvalue weighted by molar-refractivity contribution is 5.53. The van der Waals surface area contributed by atoms with Crippen molar-refractivity contribution < 1.29 is 9.84 Å². The number of ether oxygens (including phenoxy) is 1. The highest BCUT2D eigenvalue weighted by Gasteiger charge is 2.12. The fraction of sp³-hybridized carbons (Fsp3) is 0.714. The van der Waals surface area contributed by atoms with Gasteiger partial charge in [0.25, 0.3) is 0 Å². The molecule has 1 aromatic rings. The Hall–Kier alpha value is -1.26. The zero-order valence-electron chi connectivity index (χ0n) is 16.2. The van der Waals surface area contributed by atoms with Crippen LogP contribution in [0.1, 0.15) is 51.5 Å². The van der Waals surface area contributed by atoms with Crippen molar-refractivity contribution in [1.29, 1.82) is 0 Å². The van der Waals surface area contributed by atoms with Gasteiger partial charge < -0.3 is 14.7 Å². The number of rotatable bonds is 11. The fourth-order valence-electron chi connectivity index (χ4n) is 3.35. The minimum absolute atomic E-state index is 0.456. The smallest absolute Gasteiger partial charge is 0.120 e. The molecule has 0 amide bonds. The van der Waals surface area contributed by atoms with E-state index in [2.05, 4.69) is 35.8 Å². The maximum absolute atomic E-state index is 10.5. The zero-order chi connectivity index (χ0) is 17.9. The van der Waals surface area contributed by atoms with Gasteiger partial charge in [-0.25, -0.2) is 0 Å². The van der Waals surface area contributed by atoms with Crippen LogP contribution in [0.2, 0.25) is 0 Å². The van der Waals surface area contributed by atoms with Crippen LogP contribution >= 0.6 is 0 Å². The molecule has 0 aromatic heterocycles. The number of unbranched alkanes of at least 4 members (excludes halogenated alkanes) is 2. The normalized spacial score (nSPS) is 15.4. The van der Waals surface area contributed by atoms with Gasteiger partial charge in [0, 0.05) is 37.9 Å². The monoisotopic (exact) mass is 348 g/mol. The Bertz CT molecular complexity index is 479. The van der Waals surface area contributed by atoms with Crippen molar-refractivity contribution in [2.45, 2.75) is 52.4 Å². The van der Waals surface area contributed by atoms with E-state index in [1.54, 1.807) is 0 Å². The summed E-state index contributed by atoms with van der Waals surface area (Å²) >= 11 is 0. The van der Waals surface area contributed by atoms with Crippen molar-refractivity contribution in [3.8, 4) is 5.75 Å². The second-order valence-corrected chi connectivity index (χ2v) is 7.06. The van der Waals surface area contributed by atoms with Crippen LogP contribution in [0.15, 0.2) is 18.2 Å². The van der Waals surface area contributed by atoms with E-state index >= 15 is 0 Å². The molecule has 0 unspecified atom stereocenters. The molecule has 4 heteroatoms. The van der Waals surface area contributed by atoms with E-state index in [0.717, 1.165) is 70.0 Å². The van der Waals surface area contributed by atoms with Gasteiger partial charge in [-0.1, -0.05) is 32.8 Å². The van der Waals surface area contributed by atoms with Crippen molar-refractivity contribution in [2.24, 2.45) is 0 Å². The van der Waals surface area contributed by atoms with Crippen LogP contribution in [0.5, 0.6) is 5.75 Å². The molecule has 0 saturated carbocycles. The van der Waals surface area contributed by atoms with Gasteiger partial charge in [-0.15, -0.1) is 0 Å². The number of phenols is 1. The van der Waals surface area contributed by atoms with Gasteiger partial charge in [0.2, 0.25) is 0 Å². The van der Waals surface area contributed by atoms with Gasteiger partial charge in [-0.2, -0.15) is 0 Å². The molecule has 1 heterocycles. The van der Waals surface area contributed by atoms with E-state index in [4.69, 9.17) is 4.74 Å². The summed E-state index contributed by atoms with van der Waals surface area (Å²) in [5.74, 6) is 0.456. The first-order chi connectivity index (χ1) is 12.2. The lowest BCUT2D eigenvalue weighted by Gasteiger charge is -2.27. The van der Waals surface area contributed by atoms with Gasteiger partial charge in [0.15, 0.2) is 0 Å². The highest BCUT2D eigenvalue weighted by Crippen LogP contribution is 2.26. The molecule has 4 nitrogen and oxygen atoms in total. The van der Waals surface area contributed by atoms with Gasteiger partial charge in [0.1, 0.15) is 5.75 Å². The molecule has 0 spiro atoms. The first-order valence-electron chi connectivity index (χ1n) is 10.1. The molecule has 1 saturated heterocycles. The van der Waals surface area contributed by atoms with Crippen molar-refractivity contribution in [3.05, 3.63) is 23.8 Å². The lowest BCUT2D eigenvalue weighted by Crippen LogP contribution is -2.36. The quantitative estimate of drug-likeness (QED) is 0.654. The molecular weight excluding hydrogens is 312 g/mol. The largest absolute Gasteiger partial charge is 0.508 e. The van der Waals surface area contributed by atoms with Crippen LogP contribution in [0.3, 0.4) is 0 Å². The predicted molar refractivity (Wildman–Crippen MR) is 106 cm³/mol. The average molecular weight is 349 g/mol. The van der Waals surface area contributed by atoms with Crippen LogP contribution in [0, 0.1) is 0 Å². The maximum atomic E-state index is 10.5. The number of hydrogen-bond donors (Lipinski definition) is 1. The van der Waals surface area contributed by atoms with Crippen LogP contribution in [0.4, 0.5) is 5.69 Å². The van der Waals surface area contributed by atoms with E-state index in [-0.39, 0.29) is 0 Å². The number of aromatic hydroxyl groups is 1. The van der Waals surface area contributed by atoms with Gasteiger partial charge in [0.05, 0.1) is 13.2 Å². The molecule has 0 radical (unpaired) electrons. The molecule has 1 aromatic carbocycles. The minimum atomic E-state index is 0.456. The Labute approximate surface area is 153 Å². The van der Waals surface area contributed by atoms with Crippen LogP contribution < -0.4 is 4.90 Å². The second kappa shape index (κ2) is 11.4. The minimum Gasteiger partial charge on any atom is -0.508 e. The molecule has 1 N–H and O–H groups in total. The van der Waals surface area contributed by atoms with E-state index in [0.29, 0.717) is 5.75 Å². The molecule has 0 aliphatic carbocycles. The number of anilines is 1. The Balaban J connectivity index is 1.88. The van der Waals surface area contributed by atoms with Crippen molar-refractivity contribution in [3.63, 3.8) is 0 Å². The number of hydrogen-bond acceptors (Lipinski definition) is 4. The SMILES string of the molecule is CCCCN(CCCC)c1ccc(CCCN2CCOCC2)c(O)c1. The predicted octanol–water partition coefficient (Wildman–Crippen LogP) is 4.06. The molecular formula is C21H36N2O2. The molecule has 142 valence electrons. The summed E-state index contributed by atoms with van der Waals surface area (Å²) in [7, 11) is 0. The molecule has 1 aliphatic rings. The summed E-state index contributed by atoms with van der Waals surface area (Å²) < 4.78 is 5.39. The fourth-order valence-corrected chi connectivity index (χ4v) is 3.35. The van der Waals surface area contributed by atoms with Crippen LogP contribution in [0.25, 0.3) is 0 Å². The molecule has 1 aliphatic heterocycles. The maximum Gasteiger partial charge on any atom is 0.120 e. The lowest BCUT2D eigenvalue weighted by molar-refractivity contribution is 0.0374. The van der Waals surface area contributed by atoms with Gasteiger partial charge in [-0.05, 0) is 43.9 Å². The lowest BCUT2D eigenvalue weighted by atomic mass is 10.1. The molecule has 0 bridgehead atoms. The van der Waals surface area contributed by atoms with Crippen molar-refractivity contribution >= 4 is 5.69 Å². The third kappa shape index (κ3) is 6.87. The van der Waals surface area contributed by atoms with E-state index in [1.165, 1.54) is 25.7 Å². The third-order valence-electron chi connectivity index (χ3n) is 5.02. The Kier molecular flexibility index (Phi) is 9.12. The average Bonchev–Trinajstić information content (AvgIpc) is 2.64. The molecule has 1 fully saturated rings. The number of aryl methyl sites for hydroxylation is 1. The first-order valence-corrected chi connectivity index (χ1v) is 10.1. The standard InChI is InChI=1S/C21H36N2O2/c1-3-5-12-23(13-6-4-2)20-10-9-19(21(24)18-20)8-7-11-22-14-16-25-17-15-22/h9-10,18,24H,3-8,11-17H2,1-2H3. The number of morpholine rings is 1. The zero-order valence-corrected chi connectivity index (χ0v) is 16.2. The van der Waals surface area contributed by atoms with Crippen molar-refractivity contribution in [2.75, 3.05) is 50.8 Å². The number of phenolic OH excluding ortho intramolecular Hbond substituents is 1. The van der Waals surface area contributed by atoms with E-state index < -0.39 is 0 Å². The number of nitrogens with zero attached hydrogens (tertiary/aromatic N) is 2. The summed E-state index contributed by atoms with van der Waals surface area (Å²) in [4.78, 5) is 4.87. The van der Waals surface area contributed by atoms with Crippen LogP contribution in [-0.4, -0.2) is 55.9 Å². The van der Waals surface area contributed by atoms with Gasteiger partial charge >= 0.3 is 0 Å². The Morgan fingerprint density at radius 1 is 1.04 bits per heavy atom. The Morgan fingerprint density at radius 2 is 1.72 bits per heavy atom.